The number of carbonyl (C=O) groups is 1. The lowest BCUT2D eigenvalue weighted by Crippen LogP contribution is -2.43. The minimum absolute atomic E-state index is 0.0737. The van der Waals surface area contributed by atoms with Gasteiger partial charge in [-0.05, 0) is 43.1 Å². The number of amides is 1. The van der Waals surface area contributed by atoms with Crippen molar-refractivity contribution in [2.75, 3.05) is 19.3 Å². The molecule has 7 heteroatoms. The molecule has 0 bridgehead atoms. The Hall–Kier alpha value is -0.800. The number of aromatic nitrogens is 2. The third-order valence-electron chi connectivity index (χ3n) is 6.71. The van der Waals surface area contributed by atoms with Gasteiger partial charge >= 0.3 is 0 Å². The van der Waals surface area contributed by atoms with Crippen LogP contribution in [0, 0.1) is 16.7 Å². The average Bonchev–Trinajstić information content (AvgIpc) is 2.94. The summed E-state index contributed by atoms with van der Waals surface area (Å²) in [6.45, 7) is 10.5. The molecule has 2 aromatic rings. The third-order valence-corrected chi connectivity index (χ3v) is 9.18. The maximum atomic E-state index is 13.4. The van der Waals surface area contributed by atoms with Crippen LogP contribution in [0.4, 0.5) is 0 Å². The number of halogens is 1. The molecule has 2 fully saturated rings. The minimum Gasteiger partial charge on any atom is -0.316 e. The first kappa shape index (κ1) is 18.6. The van der Waals surface area contributed by atoms with E-state index >= 15 is 0 Å². The van der Waals surface area contributed by atoms with Gasteiger partial charge < -0.3 is 9.72 Å². The second-order valence-electron chi connectivity index (χ2n) is 8.46. The number of rotatable bonds is 4. The standard InChI is InChI=1S/C19H25IN4OS/c1-17(2,16-22-9-12-13(26-5)7-6-8-23(12)16)24(20)15(25)14-18(3)10-21-11-19(14,18)4/h6-9,14,21H,10-11H2,1-5H3. The van der Waals surface area contributed by atoms with Crippen molar-refractivity contribution in [3.05, 3.63) is 30.4 Å². The highest BCUT2D eigenvalue weighted by atomic mass is 127. The quantitative estimate of drug-likeness (QED) is 0.409. The summed E-state index contributed by atoms with van der Waals surface area (Å²) >= 11 is 3.91. The molecule has 3 heterocycles. The van der Waals surface area contributed by atoms with Crippen LogP contribution in [0.1, 0.15) is 33.5 Å². The Kier molecular flexibility index (Phi) is 4.17. The molecule has 0 spiro atoms. The average molecular weight is 484 g/mol. The highest BCUT2D eigenvalue weighted by molar-refractivity contribution is 14.1. The number of fused-ring (bicyclic) bond motifs is 2. The van der Waals surface area contributed by atoms with Gasteiger partial charge in [0.2, 0.25) is 5.91 Å². The van der Waals surface area contributed by atoms with Crippen LogP contribution in [-0.4, -0.2) is 37.8 Å². The predicted molar refractivity (Wildman–Crippen MR) is 113 cm³/mol. The van der Waals surface area contributed by atoms with E-state index in [0.29, 0.717) is 0 Å². The van der Waals surface area contributed by atoms with Crippen LogP contribution in [0.3, 0.4) is 0 Å². The van der Waals surface area contributed by atoms with Gasteiger partial charge in [-0.1, -0.05) is 13.8 Å². The zero-order chi connectivity index (χ0) is 18.9. The largest absolute Gasteiger partial charge is 0.316 e. The van der Waals surface area contributed by atoms with E-state index in [9.17, 15) is 4.79 Å². The molecule has 2 aliphatic rings. The van der Waals surface area contributed by atoms with Gasteiger partial charge in [0.1, 0.15) is 11.4 Å². The molecule has 2 unspecified atom stereocenters. The van der Waals surface area contributed by atoms with Crippen LogP contribution >= 0.6 is 34.6 Å². The summed E-state index contributed by atoms with van der Waals surface area (Å²) in [5.41, 5.74) is 0.735. The molecule has 1 amide bonds. The van der Waals surface area contributed by atoms with Crippen molar-refractivity contribution in [1.29, 1.82) is 0 Å². The maximum Gasteiger partial charge on any atom is 0.236 e. The van der Waals surface area contributed by atoms with Gasteiger partial charge in [-0.3, -0.25) is 7.91 Å². The molecule has 1 aliphatic carbocycles. The third kappa shape index (κ3) is 2.26. The molecule has 0 radical (unpaired) electrons. The highest BCUT2D eigenvalue weighted by Crippen LogP contribution is 2.71. The molecule has 2 atom stereocenters. The van der Waals surface area contributed by atoms with Gasteiger partial charge in [0.25, 0.3) is 0 Å². The monoisotopic (exact) mass is 484 g/mol. The highest BCUT2D eigenvalue weighted by Gasteiger charge is 2.76. The number of carbonyl (C=O) groups excluding carboxylic acids is 1. The van der Waals surface area contributed by atoms with E-state index in [0.717, 1.165) is 24.4 Å². The first-order valence-corrected chi connectivity index (χ1v) is 11.1. The fourth-order valence-electron chi connectivity index (χ4n) is 4.79. The normalized spacial score (nSPS) is 30.5. The van der Waals surface area contributed by atoms with Gasteiger partial charge in [0.05, 0.1) is 40.5 Å². The van der Waals surface area contributed by atoms with Gasteiger partial charge in [-0.2, -0.15) is 0 Å². The fourth-order valence-corrected chi connectivity index (χ4v) is 5.86. The molecule has 2 aromatic heterocycles. The van der Waals surface area contributed by atoms with E-state index in [1.165, 1.54) is 4.90 Å². The van der Waals surface area contributed by atoms with Gasteiger partial charge in [0, 0.05) is 24.2 Å². The Morgan fingerprint density at radius 2 is 2.08 bits per heavy atom. The van der Waals surface area contributed by atoms with Crippen molar-refractivity contribution in [2.45, 2.75) is 38.1 Å². The van der Waals surface area contributed by atoms with E-state index < -0.39 is 5.54 Å². The zero-order valence-electron chi connectivity index (χ0n) is 15.8. The molecule has 5 nitrogen and oxygen atoms in total. The Balaban J connectivity index is 1.68. The van der Waals surface area contributed by atoms with Crippen LogP contribution < -0.4 is 5.32 Å². The molecule has 26 heavy (non-hydrogen) atoms. The van der Waals surface area contributed by atoms with Gasteiger partial charge in [-0.15, -0.1) is 11.8 Å². The van der Waals surface area contributed by atoms with E-state index in [4.69, 9.17) is 4.98 Å². The van der Waals surface area contributed by atoms with Crippen LogP contribution in [0.15, 0.2) is 29.4 Å². The van der Waals surface area contributed by atoms with Crippen molar-refractivity contribution < 1.29 is 4.79 Å². The molecule has 1 N–H and O–H groups in total. The number of imidazole rings is 1. The summed E-state index contributed by atoms with van der Waals surface area (Å²) in [5.74, 6) is 1.20. The first-order chi connectivity index (χ1) is 12.2. The molecule has 140 valence electrons. The molecule has 0 aromatic carbocycles. The summed E-state index contributed by atoms with van der Waals surface area (Å²) in [5, 5.41) is 3.44. The second-order valence-corrected chi connectivity index (χ2v) is 10.3. The number of nitrogens with one attached hydrogen (secondary N) is 1. The molecular weight excluding hydrogens is 459 g/mol. The Morgan fingerprint density at radius 1 is 1.42 bits per heavy atom. The zero-order valence-corrected chi connectivity index (χ0v) is 18.8. The lowest BCUT2D eigenvalue weighted by Gasteiger charge is -2.33. The van der Waals surface area contributed by atoms with E-state index in [-0.39, 0.29) is 22.7 Å². The molecule has 1 saturated carbocycles. The van der Waals surface area contributed by atoms with Crippen LogP contribution in [0.2, 0.25) is 0 Å². The van der Waals surface area contributed by atoms with Gasteiger partial charge in [-0.25, -0.2) is 4.98 Å². The Bertz CT molecular complexity index is 881. The molecule has 1 saturated heterocycles. The van der Waals surface area contributed by atoms with E-state index in [1.54, 1.807) is 11.8 Å². The lowest BCUT2D eigenvalue weighted by molar-refractivity contribution is -0.131. The summed E-state index contributed by atoms with van der Waals surface area (Å²) in [6.07, 6.45) is 6.02. The second kappa shape index (κ2) is 5.85. The molecule has 1 aliphatic heterocycles. The summed E-state index contributed by atoms with van der Waals surface area (Å²) < 4.78 is 3.99. The number of piperidine rings is 1. The predicted octanol–water partition coefficient (Wildman–Crippen LogP) is 3.72. The van der Waals surface area contributed by atoms with Crippen molar-refractivity contribution in [1.82, 2.24) is 17.8 Å². The van der Waals surface area contributed by atoms with Crippen molar-refractivity contribution in [2.24, 2.45) is 16.7 Å². The van der Waals surface area contributed by atoms with Crippen molar-refractivity contribution in [3.63, 3.8) is 0 Å². The van der Waals surface area contributed by atoms with Crippen molar-refractivity contribution in [3.8, 4) is 0 Å². The lowest BCUT2D eigenvalue weighted by atomic mass is 10.0. The summed E-state index contributed by atoms with van der Waals surface area (Å²) in [7, 11) is 0. The Labute approximate surface area is 172 Å². The number of hydrogen-bond donors (Lipinski definition) is 1. The smallest absolute Gasteiger partial charge is 0.236 e. The van der Waals surface area contributed by atoms with Crippen LogP contribution in [-0.2, 0) is 10.3 Å². The molecule has 4 rings (SSSR count). The van der Waals surface area contributed by atoms with Crippen LogP contribution in [0.5, 0.6) is 0 Å². The minimum atomic E-state index is -0.502. The van der Waals surface area contributed by atoms with E-state index in [2.05, 4.69) is 72.6 Å². The van der Waals surface area contributed by atoms with E-state index in [1.807, 2.05) is 21.6 Å². The number of hydrogen-bond acceptors (Lipinski definition) is 4. The molecular formula is C19H25IN4OS. The number of pyridine rings is 1. The SMILES string of the molecule is CSc1cccn2c(C(C)(C)N(I)C(=O)C3C4(C)CNCC34C)ncc12. The summed E-state index contributed by atoms with van der Waals surface area (Å²) in [4.78, 5) is 19.3. The fraction of sp³-hybridized carbons (Fsp3) is 0.579. The number of nitrogens with zero attached hydrogens (tertiary/aromatic N) is 3. The maximum absolute atomic E-state index is 13.4. The Morgan fingerprint density at radius 3 is 2.69 bits per heavy atom. The van der Waals surface area contributed by atoms with Crippen molar-refractivity contribution >= 4 is 46.1 Å². The van der Waals surface area contributed by atoms with Crippen LogP contribution in [0.25, 0.3) is 5.52 Å². The topological polar surface area (TPSA) is 49.6 Å². The van der Waals surface area contributed by atoms with Gasteiger partial charge in [0.15, 0.2) is 0 Å². The summed E-state index contributed by atoms with van der Waals surface area (Å²) in [6, 6.07) is 4.14. The number of thioether (sulfide) groups is 1. The first-order valence-electron chi connectivity index (χ1n) is 8.89.